The van der Waals surface area contributed by atoms with Crippen molar-refractivity contribution in [1.29, 1.82) is 0 Å². The van der Waals surface area contributed by atoms with Crippen molar-refractivity contribution in [3.05, 3.63) is 65.3 Å². The molecule has 0 saturated heterocycles. The summed E-state index contributed by atoms with van der Waals surface area (Å²) in [6.45, 7) is -0.134. The fourth-order valence-electron chi connectivity index (χ4n) is 2.25. The van der Waals surface area contributed by atoms with E-state index in [2.05, 4.69) is 4.98 Å². The molecule has 0 aliphatic carbocycles. The fourth-order valence-corrected chi connectivity index (χ4v) is 2.45. The first-order valence-electron chi connectivity index (χ1n) is 7.62. The van der Waals surface area contributed by atoms with Crippen molar-refractivity contribution in [3.63, 3.8) is 0 Å². The highest BCUT2D eigenvalue weighted by molar-refractivity contribution is 6.30. The zero-order valence-electron chi connectivity index (χ0n) is 13.6. The molecule has 0 spiro atoms. The summed E-state index contributed by atoms with van der Waals surface area (Å²) < 4.78 is 15.7. The SMILES string of the molecule is COc1ccc2cc(COC(=O)COc3ccccc3)c(Cl)nc2c1. The monoisotopic (exact) mass is 357 g/mol. The number of ether oxygens (including phenoxy) is 3. The Labute approximate surface area is 150 Å². The number of pyridine rings is 1. The van der Waals surface area contributed by atoms with Gasteiger partial charge in [-0.15, -0.1) is 0 Å². The molecule has 6 heteroatoms. The van der Waals surface area contributed by atoms with Crippen LogP contribution in [0.4, 0.5) is 0 Å². The summed E-state index contributed by atoms with van der Waals surface area (Å²) in [4.78, 5) is 16.1. The van der Waals surface area contributed by atoms with E-state index < -0.39 is 5.97 Å². The number of nitrogens with zero attached hydrogens (tertiary/aromatic N) is 1. The normalized spacial score (nSPS) is 10.5. The van der Waals surface area contributed by atoms with E-state index in [1.54, 1.807) is 25.3 Å². The number of aromatic nitrogens is 1. The lowest BCUT2D eigenvalue weighted by Crippen LogP contribution is -2.15. The third-order valence-electron chi connectivity index (χ3n) is 3.54. The largest absolute Gasteiger partial charge is 0.497 e. The summed E-state index contributed by atoms with van der Waals surface area (Å²) >= 11 is 6.18. The van der Waals surface area contributed by atoms with Crippen LogP contribution in [0.1, 0.15) is 5.56 Å². The van der Waals surface area contributed by atoms with E-state index in [1.165, 1.54) is 0 Å². The lowest BCUT2D eigenvalue weighted by molar-refractivity contribution is -0.147. The van der Waals surface area contributed by atoms with Gasteiger partial charge in [0.2, 0.25) is 0 Å². The highest BCUT2D eigenvalue weighted by Gasteiger charge is 2.10. The predicted octanol–water partition coefficient (Wildman–Crippen LogP) is 4.02. The molecule has 0 saturated carbocycles. The second kappa shape index (κ2) is 7.85. The van der Waals surface area contributed by atoms with Gasteiger partial charge in [-0.05, 0) is 30.3 Å². The zero-order chi connectivity index (χ0) is 17.6. The minimum absolute atomic E-state index is 0.0325. The minimum atomic E-state index is -0.477. The number of carbonyl (C=O) groups excluding carboxylic acids is 1. The number of methoxy groups -OCH3 is 1. The first kappa shape index (κ1) is 17.0. The van der Waals surface area contributed by atoms with Crippen LogP contribution >= 0.6 is 11.6 Å². The summed E-state index contributed by atoms with van der Waals surface area (Å²) in [6, 6.07) is 16.4. The number of hydrogen-bond acceptors (Lipinski definition) is 5. The van der Waals surface area contributed by atoms with Gasteiger partial charge >= 0.3 is 5.97 Å². The van der Waals surface area contributed by atoms with Crippen molar-refractivity contribution in [3.8, 4) is 11.5 Å². The topological polar surface area (TPSA) is 57.7 Å². The molecule has 0 amide bonds. The van der Waals surface area contributed by atoms with Crippen LogP contribution in [0.3, 0.4) is 0 Å². The molecule has 0 aliphatic heterocycles. The van der Waals surface area contributed by atoms with Crippen LogP contribution in [0.25, 0.3) is 10.9 Å². The molecule has 0 fully saturated rings. The third kappa shape index (κ3) is 4.39. The van der Waals surface area contributed by atoms with Crippen molar-refractivity contribution in [2.24, 2.45) is 0 Å². The first-order valence-corrected chi connectivity index (χ1v) is 8.00. The van der Waals surface area contributed by atoms with Gasteiger partial charge in [0, 0.05) is 17.0 Å². The van der Waals surface area contributed by atoms with E-state index in [1.807, 2.05) is 36.4 Å². The maximum absolute atomic E-state index is 11.8. The molecule has 5 nitrogen and oxygen atoms in total. The van der Waals surface area contributed by atoms with Gasteiger partial charge in [0.1, 0.15) is 23.3 Å². The third-order valence-corrected chi connectivity index (χ3v) is 3.87. The Balaban J connectivity index is 1.62. The van der Waals surface area contributed by atoms with Crippen molar-refractivity contribution in [2.45, 2.75) is 6.61 Å². The molecular formula is C19H16ClNO4. The van der Waals surface area contributed by atoms with E-state index >= 15 is 0 Å². The number of para-hydroxylation sites is 1. The molecule has 3 aromatic rings. The molecule has 25 heavy (non-hydrogen) atoms. The molecule has 2 aromatic carbocycles. The summed E-state index contributed by atoms with van der Waals surface area (Å²) in [7, 11) is 1.59. The Morgan fingerprint density at radius 3 is 2.64 bits per heavy atom. The summed E-state index contributed by atoms with van der Waals surface area (Å²) in [5, 5.41) is 1.18. The Morgan fingerprint density at radius 1 is 1.08 bits per heavy atom. The smallest absolute Gasteiger partial charge is 0.344 e. The Kier molecular flexibility index (Phi) is 5.36. The van der Waals surface area contributed by atoms with E-state index in [-0.39, 0.29) is 18.4 Å². The number of benzene rings is 2. The van der Waals surface area contributed by atoms with Gasteiger partial charge in [-0.1, -0.05) is 29.8 Å². The van der Waals surface area contributed by atoms with Crippen LogP contribution in [0.5, 0.6) is 11.5 Å². The maximum atomic E-state index is 11.8. The molecule has 128 valence electrons. The zero-order valence-corrected chi connectivity index (χ0v) is 14.3. The van der Waals surface area contributed by atoms with Crippen LogP contribution < -0.4 is 9.47 Å². The van der Waals surface area contributed by atoms with Gasteiger partial charge in [-0.2, -0.15) is 0 Å². The van der Waals surface area contributed by atoms with E-state index in [4.69, 9.17) is 25.8 Å². The molecule has 0 radical (unpaired) electrons. The predicted molar refractivity (Wildman–Crippen MR) is 95.0 cm³/mol. The van der Waals surface area contributed by atoms with Crippen molar-refractivity contribution < 1.29 is 19.0 Å². The van der Waals surface area contributed by atoms with Crippen molar-refractivity contribution in [2.75, 3.05) is 13.7 Å². The standard InChI is InChI=1S/C19H16ClNO4/c1-23-16-8-7-13-9-14(19(20)21-17(13)10-16)11-25-18(22)12-24-15-5-3-2-4-6-15/h2-10H,11-12H2,1H3. The van der Waals surface area contributed by atoms with Gasteiger partial charge in [0.25, 0.3) is 0 Å². The quantitative estimate of drug-likeness (QED) is 0.492. The van der Waals surface area contributed by atoms with Crippen molar-refractivity contribution in [1.82, 2.24) is 4.98 Å². The van der Waals surface area contributed by atoms with Gasteiger partial charge in [-0.3, -0.25) is 0 Å². The highest BCUT2D eigenvalue weighted by atomic mass is 35.5. The number of halogens is 1. The molecule has 0 aliphatic rings. The number of hydrogen-bond donors (Lipinski definition) is 0. The van der Waals surface area contributed by atoms with Crippen LogP contribution in [0, 0.1) is 0 Å². The fraction of sp³-hybridized carbons (Fsp3) is 0.158. The van der Waals surface area contributed by atoms with Crippen LogP contribution in [-0.4, -0.2) is 24.7 Å². The Bertz CT molecular complexity index is 883. The van der Waals surface area contributed by atoms with E-state index in [0.717, 1.165) is 5.39 Å². The molecule has 0 N–H and O–H groups in total. The molecule has 0 atom stereocenters. The highest BCUT2D eigenvalue weighted by Crippen LogP contribution is 2.24. The molecule has 1 aromatic heterocycles. The molecule has 0 unspecified atom stereocenters. The Hall–Kier alpha value is -2.79. The average Bonchev–Trinajstić information content (AvgIpc) is 2.65. The van der Waals surface area contributed by atoms with Gasteiger partial charge in [0.15, 0.2) is 6.61 Å². The van der Waals surface area contributed by atoms with Crippen LogP contribution in [0.2, 0.25) is 5.15 Å². The van der Waals surface area contributed by atoms with E-state index in [0.29, 0.717) is 22.6 Å². The summed E-state index contributed by atoms with van der Waals surface area (Å²) in [5.74, 6) is 0.835. The second-order valence-corrected chi connectivity index (χ2v) is 5.62. The van der Waals surface area contributed by atoms with Gasteiger partial charge in [-0.25, -0.2) is 9.78 Å². The molecule has 0 bridgehead atoms. The Morgan fingerprint density at radius 2 is 1.88 bits per heavy atom. The summed E-state index contributed by atoms with van der Waals surface area (Å²) in [5.41, 5.74) is 1.35. The van der Waals surface area contributed by atoms with Crippen molar-refractivity contribution >= 4 is 28.5 Å². The first-order chi connectivity index (χ1) is 12.2. The number of rotatable bonds is 6. The molecule has 1 heterocycles. The molecular weight excluding hydrogens is 342 g/mol. The van der Waals surface area contributed by atoms with Gasteiger partial charge in [0.05, 0.1) is 12.6 Å². The average molecular weight is 358 g/mol. The lowest BCUT2D eigenvalue weighted by atomic mass is 10.1. The molecule has 3 rings (SSSR count). The van der Waals surface area contributed by atoms with Gasteiger partial charge < -0.3 is 14.2 Å². The second-order valence-electron chi connectivity index (χ2n) is 5.26. The number of esters is 1. The summed E-state index contributed by atoms with van der Waals surface area (Å²) in [6.07, 6.45) is 0. The van der Waals surface area contributed by atoms with Crippen LogP contribution in [-0.2, 0) is 16.1 Å². The minimum Gasteiger partial charge on any atom is -0.497 e. The lowest BCUT2D eigenvalue weighted by Gasteiger charge is -2.09. The van der Waals surface area contributed by atoms with Crippen LogP contribution in [0.15, 0.2) is 54.6 Å². The number of carbonyl (C=O) groups is 1. The van der Waals surface area contributed by atoms with E-state index in [9.17, 15) is 4.79 Å². The maximum Gasteiger partial charge on any atom is 0.344 e. The number of fused-ring (bicyclic) bond motifs is 1.